The summed E-state index contributed by atoms with van der Waals surface area (Å²) in [6, 6.07) is 3.85. The molecule has 0 saturated heterocycles. The van der Waals surface area contributed by atoms with Crippen LogP contribution in [0.1, 0.15) is 22.8 Å². The van der Waals surface area contributed by atoms with E-state index in [9.17, 15) is 4.79 Å². The number of hydrogen-bond donors (Lipinski definition) is 0. The maximum absolute atomic E-state index is 12.2. The molecular formula is C12H14BrNO2. The molecule has 0 aliphatic carbocycles. The lowest BCUT2D eigenvalue weighted by atomic mass is 9.98. The number of benzene rings is 1. The van der Waals surface area contributed by atoms with E-state index in [-0.39, 0.29) is 5.91 Å². The van der Waals surface area contributed by atoms with Gasteiger partial charge in [-0.25, -0.2) is 0 Å². The predicted octanol–water partition coefficient (Wildman–Crippen LogP) is 2.48. The van der Waals surface area contributed by atoms with Gasteiger partial charge in [0.1, 0.15) is 5.75 Å². The van der Waals surface area contributed by atoms with Crippen LogP contribution in [0, 0.1) is 0 Å². The van der Waals surface area contributed by atoms with Gasteiger partial charge >= 0.3 is 0 Å². The van der Waals surface area contributed by atoms with Crippen molar-refractivity contribution in [1.29, 1.82) is 0 Å². The number of nitrogens with zero attached hydrogens (tertiary/aromatic N) is 1. The van der Waals surface area contributed by atoms with Crippen molar-refractivity contribution in [2.75, 3.05) is 20.2 Å². The molecule has 16 heavy (non-hydrogen) atoms. The van der Waals surface area contributed by atoms with Crippen LogP contribution < -0.4 is 4.74 Å². The lowest BCUT2D eigenvalue weighted by molar-refractivity contribution is 0.0745. The molecule has 0 atom stereocenters. The van der Waals surface area contributed by atoms with E-state index in [4.69, 9.17) is 4.74 Å². The Morgan fingerprint density at radius 1 is 1.50 bits per heavy atom. The summed E-state index contributed by atoms with van der Waals surface area (Å²) < 4.78 is 6.24. The topological polar surface area (TPSA) is 29.5 Å². The first kappa shape index (κ1) is 11.5. The van der Waals surface area contributed by atoms with Gasteiger partial charge in [0, 0.05) is 17.6 Å². The Balaban J connectivity index is 2.53. The number of likely N-dealkylation sites (N-methyl/N-ethyl adjacent to an activating group) is 1. The molecule has 0 unspecified atom stereocenters. The van der Waals surface area contributed by atoms with Crippen LogP contribution in [0.2, 0.25) is 0 Å². The zero-order chi connectivity index (χ0) is 11.7. The average molecular weight is 284 g/mol. The van der Waals surface area contributed by atoms with Crippen molar-refractivity contribution in [3.63, 3.8) is 0 Å². The summed E-state index contributed by atoms with van der Waals surface area (Å²) in [5.41, 5.74) is 1.79. The van der Waals surface area contributed by atoms with Crippen LogP contribution in [0.5, 0.6) is 5.75 Å². The second-order valence-electron chi connectivity index (χ2n) is 3.78. The third-order valence-corrected chi connectivity index (χ3v) is 3.36. The van der Waals surface area contributed by atoms with Gasteiger partial charge in [-0.05, 0) is 31.0 Å². The van der Waals surface area contributed by atoms with Crippen molar-refractivity contribution in [1.82, 2.24) is 4.90 Å². The number of amides is 1. The summed E-state index contributed by atoms with van der Waals surface area (Å²) in [7, 11) is 1.60. The smallest absolute Gasteiger partial charge is 0.257 e. The molecule has 0 fully saturated rings. The maximum Gasteiger partial charge on any atom is 0.257 e. The third kappa shape index (κ3) is 1.82. The summed E-state index contributed by atoms with van der Waals surface area (Å²) in [6.45, 7) is 3.54. The SMILES string of the molecule is CCN1CCc2cc(Br)cc(OC)c2C1=O. The Hall–Kier alpha value is -1.03. The van der Waals surface area contributed by atoms with Gasteiger partial charge in [0.2, 0.25) is 0 Å². The van der Waals surface area contributed by atoms with Gasteiger partial charge in [-0.1, -0.05) is 15.9 Å². The standard InChI is InChI=1S/C12H14BrNO2/c1-3-14-5-4-8-6-9(13)7-10(16-2)11(8)12(14)15/h6-7H,3-5H2,1-2H3. The molecule has 0 radical (unpaired) electrons. The average Bonchev–Trinajstić information content (AvgIpc) is 2.28. The van der Waals surface area contributed by atoms with E-state index in [1.165, 1.54) is 0 Å². The monoisotopic (exact) mass is 283 g/mol. The number of rotatable bonds is 2. The minimum absolute atomic E-state index is 0.0769. The van der Waals surface area contributed by atoms with Crippen molar-refractivity contribution in [3.8, 4) is 5.75 Å². The van der Waals surface area contributed by atoms with Crippen molar-refractivity contribution >= 4 is 21.8 Å². The number of hydrogen-bond acceptors (Lipinski definition) is 2. The fourth-order valence-corrected chi connectivity index (χ4v) is 2.54. The van der Waals surface area contributed by atoms with Crippen molar-refractivity contribution in [2.45, 2.75) is 13.3 Å². The summed E-state index contributed by atoms with van der Waals surface area (Å²) in [6.07, 6.45) is 0.894. The van der Waals surface area contributed by atoms with Crippen molar-refractivity contribution < 1.29 is 9.53 Å². The van der Waals surface area contributed by atoms with Crippen LogP contribution in [0.3, 0.4) is 0 Å². The molecule has 1 aliphatic heterocycles. The first-order valence-corrected chi connectivity index (χ1v) is 6.12. The van der Waals surface area contributed by atoms with Crippen LogP contribution in [0.4, 0.5) is 0 Å². The van der Waals surface area contributed by atoms with Crippen LogP contribution in [0.25, 0.3) is 0 Å². The quantitative estimate of drug-likeness (QED) is 0.835. The molecule has 0 bridgehead atoms. The van der Waals surface area contributed by atoms with Gasteiger partial charge in [-0.2, -0.15) is 0 Å². The first-order valence-electron chi connectivity index (χ1n) is 5.33. The molecule has 1 heterocycles. The number of ether oxygens (including phenoxy) is 1. The van der Waals surface area contributed by atoms with E-state index in [0.29, 0.717) is 5.75 Å². The highest BCUT2D eigenvalue weighted by molar-refractivity contribution is 9.10. The van der Waals surface area contributed by atoms with Crippen molar-refractivity contribution in [3.05, 3.63) is 27.7 Å². The lowest BCUT2D eigenvalue weighted by Crippen LogP contribution is -2.37. The highest BCUT2D eigenvalue weighted by Crippen LogP contribution is 2.31. The number of methoxy groups -OCH3 is 1. The Morgan fingerprint density at radius 3 is 2.88 bits per heavy atom. The molecule has 86 valence electrons. The predicted molar refractivity (Wildman–Crippen MR) is 66.0 cm³/mol. The molecule has 4 heteroatoms. The molecular weight excluding hydrogens is 270 g/mol. The summed E-state index contributed by atoms with van der Waals surface area (Å²) >= 11 is 3.43. The molecule has 1 amide bonds. The minimum Gasteiger partial charge on any atom is -0.496 e. The Labute approximate surface area is 104 Å². The number of carbonyl (C=O) groups excluding carboxylic acids is 1. The van der Waals surface area contributed by atoms with Gasteiger partial charge < -0.3 is 9.64 Å². The van der Waals surface area contributed by atoms with Gasteiger partial charge in [0.25, 0.3) is 5.91 Å². The number of halogens is 1. The normalized spacial score (nSPS) is 14.9. The van der Waals surface area contributed by atoms with Crippen LogP contribution in [-0.2, 0) is 6.42 Å². The Bertz CT molecular complexity index is 414. The molecule has 2 rings (SSSR count). The van der Waals surface area contributed by atoms with Gasteiger partial charge in [0.15, 0.2) is 0 Å². The molecule has 1 aromatic rings. The summed E-state index contributed by atoms with van der Waals surface area (Å²) in [5, 5.41) is 0. The zero-order valence-corrected chi connectivity index (χ0v) is 11.0. The first-order chi connectivity index (χ1) is 7.67. The maximum atomic E-state index is 12.2. The number of fused-ring (bicyclic) bond motifs is 1. The Kier molecular flexibility index (Phi) is 3.19. The van der Waals surface area contributed by atoms with E-state index >= 15 is 0 Å². The van der Waals surface area contributed by atoms with Gasteiger partial charge in [-0.3, -0.25) is 4.79 Å². The molecule has 1 aliphatic rings. The van der Waals surface area contributed by atoms with Gasteiger partial charge in [0.05, 0.1) is 12.7 Å². The molecule has 1 aromatic carbocycles. The zero-order valence-electron chi connectivity index (χ0n) is 9.42. The fourth-order valence-electron chi connectivity index (χ4n) is 2.05. The van der Waals surface area contributed by atoms with E-state index < -0.39 is 0 Å². The van der Waals surface area contributed by atoms with E-state index in [1.54, 1.807) is 7.11 Å². The summed E-state index contributed by atoms with van der Waals surface area (Å²) in [4.78, 5) is 14.0. The molecule has 0 spiro atoms. The molecule has 0 aromatic heterocycles. The molecule has 3 nitrogen and oxygen atoms in total. The highest BCUT2D eigenvalue weighted by Gasteiger charge is 2.26. The fraction of sp³-hybridized carbons (Fsp3) is 0.417. The highest BCUT2D eigenvalue weighted by atomic mass is 79.9. The molecule has 0 saturated carbocycles. The number of carbonyl (C=O) groups is 1. The van der Waals surface area contributed by atoms with E-state index in [2.05, 4.69) is 15.9 Å². The molecule has 0 N–H and O–H groups in total. The minimum atomic E-state index is 0.0769. The van der Waals surface area contributed by atoms with Crippen LogP contribution in [0.15, 0.2) is 16.6 Å². The largest absolute Gasteiger partial charge is 0.496 e. The van der Waals surface area contributed by atoms with Crippen LogP contribution >= 0.6 is 15.9 Å². The van der Waals surface area contributed by atoms with Crippen LogP contribution in [-0.4, -0.2) is 31.0 Å². The van der Waals surface area contributed by atoms with E-state index in [0.717, 1.165) is 35.1 Å². The van der Waals surface area contributed by atoms with Gasteiger partial charge in [-0.15, -0.1) is 0 Å². The van der Waals surface area contributed by atoms with Crippen molar-refractivity contribution in [2.24, 2.45) is 0 Å². The second-order valence-corrected chi connectivity index (χ2v) is 4.69. The third-order valence-electron chi connectivity index (χ3n) is 2.90. The summed E-state index contributed by atoms with van der Waals surface area (Å²) in [5.74, 6) is 0.737. The van der Waals surface area contributed by atoms with E-state index in [1.807, 2.05) is 24.0 Å². The Morgan fingerprint density at radius 2 is 2.25 bits per heavy atom. The second kappa shape index (κ2) is 4.45. The lowest BCUT2D eigenvalue weighted by Gasteiger charge is -2.28.